The number of rotatable bonds is 7. The molecule has 4 aromatic heterocycles. The van der Waals surface area contributed by atoms with Crippen molar-refractivity contribution in [1.29, 1.82) is 0 Å². The largest absolute Gasteiger partial charge is 0.351 e. The van der Waals surface area contributed by atoms with Crippen molar-refractivity contribution in [2.45, 2.75) is 19.8 Å². The van der Waals surface area contributed by atoms with E-state index in [4.69, 9.17) is 0 Å². The number of carbonyl (C=O) groups is 1. The zero-order valence-electron chi connectivity index (χ0n) is 15.2. The van der Waals surface area contributed by atoms with Crippen LogP contribution < -0.4 is 5.32 Å². The molecular formula is C20H18N4OS3. The predicted molar refractivity (Wildman–Crippen MR) is 116 cm³/mol. The molecule has 0 saturated carbocycles. The van der Waals surface area contributed by atoms with Crippen molar-refractivity contribution in [3.8, 4) is 21.1 Å². The van der Waals surface area contributed by atoms with Gasteiger partial charge in [-0.2, -0.15) is 0 Å². The zero-order valence-corrected chi connectivity index (χ0v) is 17.7. The molecule has 0 radical (unpaired) electrons. The van der Waals surface area contributed by atoms with Gasteiger partial charge >= 0.3 is 0 Å². The third-order valence-corrected chi connectivity index (χ3v) is 7.22. The highest BCUT2D eigenvalue weighted by atomic mass is 32.1. The topological polar surface area (TPSA) is 67.8 Å². The first-order chi connectivity index (χ1) is 13.7. The smallest absolute Gasteiger partial charge is 0.263 e. The van der Waals surface area contributed by atoms with Gasteiger partial charge in [-0.15, -0.1) is 34.0 Å². The Kier molecular flexibility index (Phi) is 5.90. The van der Waals surface area contributed by atoms with E-state index in [1.165, 1.54) is 11.3 Å². The lowest BCUT2D eigenvalue weighted by Crippen LogP contribution is -2.24. The summed E-state index contributed by atoms with van der Waals surface area (Å²) in [6, 6.07) is 7.94. The van der Waals surface area contributed by atoms with E-state index in [1.54, 1.807) is 35.1 Å². The van der Waals surface area contributed by atoms with Gasteiger partial charge in [0, 0.05) is 36.3 Å². The Morgan fingerprint density at radius 3 is 2.79 bits per heavy atom. The van der Waals surface area contributed by atoms with Crippen molar-refractivity contribution in [2.75, 3.05) is 6.54 Å². The summed E-state index contributed by atoms with van der Waals surface area (Å²) in [4.78, 5) is 27.5. The number of thiazole rings is 2. The van der Waals surface area contributed by atoms with Crippen LogP contribution in [0.5, 0.6) is 0 Å². The molecule has 28 heavy (non-hydrogen) atoms. The number of aryl methyl sites for hydroxylation is 2. The summed E-state index contributed by atoms with van der Waals surface area (Å²) in [6.07, 6.45) is 5.24. The second-order valence-electron chi connectivity index (χ2n) is 6.13. The average molecular weight is 427 g/mol. The van der Waals surface area contributed by atoms with Crippen LogP contribution in [0.3, 0.4) is 0 Å². The van der Waals surface area contributed by atoms with Crippen LogP contribution in [0.2, 0.25) is 0 Å². The molecule has 0 spiro atoms. The molecule has 5 nitrogen and oxygen atoms in total. The minimum atomic E-state index is -0.0468. The normalized spacial score (nSPS) is 10.9. The number of amides is 1. The molecule has 1 N–H and O–H groups in total. The molecule has 0 fully saturated rings. The van der Waals surface area contributed by atoms with Crippen molar-refractivity contribution in [3.63, 3.8) is 0 Å². The van der Waals surface area contributed by atoms with Crippen LogP contribution in [0.15, 0.2) is 47.4 Å². The summed E-state index contributed by atoms with van der Waals surface area (Å²) >= 11 is 4.74. The molecule has 0 aromatic carbocycles. The van der Waals surface area contributed by atoms with E-state index in [1.807, 2.05) is 36.6 Å². The Morgan fingerprint density at radius 2 is 2.00 bits per heavy atom. The Hall–Kier alpha value is -2.42. The molecule has 4 heterocycles. The van der Waals surface area contributed by atoms with Gasteiger partial charge in [-0.25, -0.2) is 9.97 Å². The van der Waals surface area contributed by atoms with Gasteiger partial charge in [0.2, 0.25) is 0 Å². The summed E-state index contributed by atoms with van der Waals surface area (Å²) < 4.78 is 0. The van der Waals surface area contributed by atoms with Gasteiger partial charge in [-0.05, 0) is 36.9 Å². The van der Waals surface area contributed by atoms with E-state index in [-0.39, 0.29) is 5.91 Å². The van der Waals surface area contributed by atoms with E-state index in [0.717, 1.165) is 44.7 Å². The molecule has 0 saturated heterocycles. The first-order valence-corrected chi connectivity index (χ1v) is 11.4. The SMILES string of the molecule is Cc1nc(-c2cccs2)sc1C(=O)NCCCc1nc(-c2ccncc2)cs1. The monoisotopic (exact) mass is 426 g/mol. The van der Waals surface area contributed by atoms with Crippen molar-refractivity contribution >= 4 is 39.9 Å². The van der Waals surface area contributed by atoms with Crippen molar-refractivity contribution in [3.05, 3.63) is 63.0 Å². The Morgan fingerprint density at radius 1 is 1.14 bits per heavy atom. The first kappa shape index (κ1) is 18.9. The van der Waals surface area contributed by atoms with Crippen molar-refractivity contribution in [2.24, 2.45) is 0 Å². The maximum atomic E-state index is 12.5. The lowest BCUT2D eigenvalue weighted by molar-refractivity contribution is 0.0956. The molecule has 0 aliphatic rings. The van der Waals surface area contributed by atoms with E-state index in [9.17, 15) is 4.79 Å². The minimum Gasteiger partial charge on any atom is -0.351 e. The Labute approximate surface area is 175 Å². The van der Waals surface area contributed by atoms with Crippen molar-refractivity contribution < 1.29 is 4.79 Å². The molecule has 0 bridgehead atoms. The summed E-state index contributed by atoms with van der Waals surface area (Å²) in [5, 5.41) is 9.08. The van der Waals surface area contributed by atoms with E-state index in [0.29, 0.717) is 11.4 Å². The Balaban J connectivity index is 1.29. The molecule has 1 amide bonds. The van der Waals surface area contributed by atoms with Gasteiger partial charge in [0.15, 0.2) is 0 Å². The van der Waals surface area contributed by atoms with Crippen LogP contribution in [-0.4, -0.2) is 27.4 Å². The highest BCUT2D eigenvalue weighted by Crippen LogP contribution is 2.31. The summed E-state index contributed by atoms with van der Waals surface area (Å²) in [6.45, 7) is 2.51. The van der Waals surface area contributed by atoms with Crippen LogP contribution in [0.25, 0.3) is 21.1 Å². The number of thiophene rings is 1. The molecule has 0 aliphatic carbocycles. The van der Waals surface area contributed by atoms with Crippen LogP contribution in [0.1, 0.15) is 26.8 Å². The number of nitrogens with one attached hydrogen (secondary N) is 1. The number of aromatic nitrogens is 3. The summed E-state index contributed by atoms with van der Waals surface area (Å²) in [5.74, 6) is -0.0468. The fraction of sp³-hybridized carbons (Fsp3) is 0.200. The van der Waals surface area contributed by atoms with Gasteiger partial charge in [-0.3, -0.25) is 9.78 Å². The maximum absolute atomic E-state index is 12.5. The fourth-order valence-electron chi connectivity index (χ4n) is 2.72. The number of carbonyl (C=O) groups excluding carboxylic acids is 1. The van der Waals surface area contributed by atoms with Gasteiger partial charge in [0.25, 0.3) is 5.91 Å². The van der Waals surface area contributed by atoms with Gasteiger partial charge in [0.05, 0.1) is 21.3 Å². The molecule has 4 rings (SSSR count). The first-order valence-electron chi connectivity index (χ1n) is 8.85. The van der Waals surface area contributed by atoms with Gasteiger partial charge in [0.1, 0.15) is 9.88 Å². The zero-order chi connectivity index (χ0) is 19.3. The second kappa shape index (κ2) is 8.72. The van der Waals surface area contributed by atoms with E-state index < -0.39 is 0 Å². The fourth-order valence-corrected chi connectivity index (χ4v) is 5.34. The summed E-state index contributed by atoms with van der Waals surface area (Å²) in [5.41, 5.74) is 2.84. The molecule has 0 unspecified atom stereocenters. The molecule has 0 aliphatic heterocycles. The number of hydrogen-bond donors (Lipinski definition) is 1. The number of hydrogen-bond acceptors (Lipinski definition) is 7. The molecule has 0 atom stereocenters. The standard InChI is InChI=1S/C20H18N4OS3/c1-13-18(28-20(23-13)16-4-3-11-26-16)19(25)22-8-2-5-17-24-15(12-27-17)14-6-9-21-10-7-14/h3-4,6-7,9-12H,2,5,8H2,1H3,(H,22,25). The van der Waals surface area contributed by atoms with Crippen LogP contribution in [-0.2, 0) is 6.42 Å². The highest BCUT2D eigenvalue weighted by molar-refractivity contribution is 7.22. The third-order valence-electron chi connectivity index (χ3n) is 4.12. The molecule has 8 heteroatoms. The molecule has 4 aromatic rings. The number of pyridine rings is 1. The van der Waals surface area contributed by atoms with Gasteiger partial charge < -0.3 is 5.32 Å². The summed E-state index contributed by atoms with van der Waals surface area (Å²) in [7, 11) is 0. The number of nitrogens with zero attached hydrogens (tertiary/aromatic N) is 3. The van der Waals surface area contributed by atoms with Crippen LogP contribution >= 0.6 is 34.0 Å². The Bertz CT molecular complexity index is 1050. The van der Waals surface area contributed by atoms with Crippen LogP contribution in [0, 0.1) is 6.92 Å². The average Bonchev–Trinajstić information content (AvgIpc) is 3.46. The highest BCUT2D eigenvalue weighted by Gasteiger charge is 2.16. The minimum absolute atomic E-state index is 0.0468. The maximum Gasteiger partial charge on any atom is 0.263 e. The van der Waals surface area contributed by atoms with E-state index in [2.05, 4.69) is 25.6 Å². The quantitative estimate of drug-likeness (QED) is 0.419. The molecular weight excluding hydrogens is 408 g/mol. The second-order valence-corrected chi connectivity index (χ2v) is 9.02. The predicted octanol–water partition coefficient (Wildman–Crippen LogP) is 5.06. The van der Waals surface area contributed by atoms with Crippen LogP contribution in [0.4, 0.5) is 0 Å². The molecule has 142 valence electrons. The lowest BCUT2D eigenvalue weighted by atomic mass is 10.2. The van der Waals surface area contributed by atoms with Gasteiger partial charge in [-0.1, -0.05) is 6.07 Å². The van der Waals surface area contributed by atoms with E-state index >= 15 is 0 Å². The third kappa shape index (κ3) is 4.35. The lowest BCUT2D eigenvalue weighted by Gasteiger charge is -2.03. The van der Waals surface area contributed by atoms with Crippen molar-refractivity contribution in [1.82, 2.24) is 20.3 Å².